The zero-order valence-corrected chi connectivity index (χ0v) is 20.6. The summed E-state index contributed by atoms with van der Waals surface area (Å²) < 4.78 is 6.24. The number of likely N-dealkylation sites (N-methyl/N-ethyl adjacent to an activating group) is 2. The standard InChI is InChI=1S/C21H41N5O.HI/c1-4-22-21(23-15-19-16-24(2)13-14-25(19)3)26-11-9-20(10-12-26)27-17-18-7-5-6-8-18;/h18-20H,4-17H2,1-3H3,(H,22,23);1H. The Labute approximate surface area is 189 Å². The van der Waals surface area contributed by atoms with Crippen LogP contribution in [0.1, 0.15) is 45.4 Å². The average Bonchev–Trinajstić information content (AvgIpc) is 3.20. The molecule has 1 unspecified atom stereocenters. The summed E-state index contributed by atoms with van der Waals surface area (Å²) in [6.07, 6.45) is 8.26. The summed E-state index contributed by atoms with van der Waals surface area (Å²) in [7, 11) is 4.44. The molecule has 0 bridgehead atoms. The SMILES string of the molecule is CCNC(=NCC1CN(C)CCN1C)N1CCC(OCC2CCCC2)CC1.I. The highest BCUT2D eigenvalue weighted by atomic mass is 127. The molecule has 2 saturated heterocycles. The first kappa shape index (κ1) is 24.2. The third-order valence-corrected chi connectivity index (χ3v) is 6.55. The molecule has 3 aliphatic rings. The van der Waals surface area contributed by atoms with E-state index in [2.05, 4.69) is 41.0 Å². The van der Waals surface area contributed by atoms with Gasteiger partial charge in [-0.2, -0.15) is 0 Å². The summed E-state index contributed by atoms with van der Waals surface area (Å²) >= 11 is 0. The summed E-state index contributed by atoms with van der Waals surface area (Å²) in [5.74, 6) is 1.92. The first-order valence-electron chi connectivity index (χ1n) is 11.2. The van der Waals surface area contributed by atoms with Crippen LogP contribution in [0.15, 0.2) is 4.99 Å². The fourth-order valence-electron chi connectivity index (χ4n) is 4.60. The highest BCUT2D eigenvalue weighted by Crippen LogP contribution is 2.26. The molecule has 1 atom stereocenters. The molecule has 28 heavy (non-hydrogen) atoms. The van der Waals surface area contributed by atoms with Gasteiger partial charge in [0.15, 0.2) is 5.96 Å². The highest BCUT2D eigenvalue weighted by Gasteiger charge is 2.25. The average molecular weight is 508 g/mol. The molecule has 3 fully saturated rings. The molecular weight excluding hydrogens is 465 g/mol. The van der Waals surface area contributed by atoms with Gasteiger partial charge in [0.2, 0.25) is 0 Å². The Morgan fingerprint density at radius 3 is 2.43 bits per heavy atom. The quantitative estimate of drug-likeness (QED) is 0.340. The van der Waals surface area contributed by atoms with Crippen molar-refractivity contribution in [3.05, 3.63) is 0 Å². The lowest BCUT2D eigenvalue weighted by molar-refractivity contribution is 0.000983. The number of piperazine rings is 1. The zero-order chi connectivity index (χ0) is 19.1. The van der Waals surface area contributed by atoms with Gasteiger partial charge in [0.25, 0.3) is 0 Å². The Morgan fingerprint density at radius 1 is 1.04 bits per heavy atom. The number of rotatable bonds is 6. The normalized spacial score (nSPS) is 26.5. The number of likely N-dealkylation sites (tertiary alicyclic amines) is 1. The second kappa shape index (κ2) is 12.5. The Balaban J connectivity index is 0.00000280. The number of hydrogen-bond donors (Lipinski definition) is 1. The van der Waals surface area contributed by atoms with E-state index in [-0.39, 0.29) is 24.0 Å². The van der Waals surface area contributed by atoms with Gasteiger partial charge < -0.3 is 19.9 Å². The van der Waals surface area contributed by atoms with Crippen molar-refractivity contribution in [2.24, 2.45) is 10.9 Å². The lowest BCUT2D eigenvalue weighted by Gasteiger charge is -2.38. The monoisotopic (exact) mass is 507 g/mol. The molecule has 0 amide bonds. The minimum atomic E-state index is 0. The van der Waals surface area contributed by atoms with Gasteiger partial charge in [-0.15, -0.1) is 24.0 Å². The van der Waals surface area contributed by atoms with Gasteiger partial charge in [-0.1, -0.05) is 12.8 Å². The van der Waals surface area contributed by atoms with E-state index in [1.165, 1.54) is 25.7 Å². The molecule has 0 radical (unpaired) electrons. The van der Waals surface area contributed by atoms with Crippen LogP contribution < -0.4 is 5.32 Å². The maximum atomic E-state index is 6.24. The van der Waals surface area contributed by atoms with Crippen molar-refractivity contribution < 1.29 is 4.74 Å². The van der Waals surface area contributed by atoms with Crippen molar-refractivity contribution in [2.45, 2.75) is 57.6 Å². The molecule has 2 heterocycles. The summed E-state index contributed by atoms with van der Waals surface area (Å²) in [6.45, 7) is 10.5. The van der Waals surface area contributed by atoms with Gasteiger partial charge in [-0.25, -0.2) is 0 Å². The first-order chi connectivity index (χ1) is 13.2. The summed E-state index contributed by atoms with van der Waals surface area (Å²) in [5.41, 5.74) is 0. The number of piperidine rings is 1. The summed E-state index contributed by atoms with van der Waals surface area (Å²) in [5, 5.41) is 3.51. The Bertz CT molecular complexity index is 464. The second-order valence-corrected chi connectivity index (χ2v) is 8.76. The fourth-order valence-corrected chi connectivity index (χ4v) is 4.60. The molecule has 0 aromatic heterocycles. The van der Waals surface area contributed by atoms with E-state index < -0.39 is 0 Å². The van der Waals surface area contributed by atoms with Crippen molar-refractivity contribution in [1.82, 2.24) is 20.0 Å². The van der Waals surface area contributed by atoms with Crippen molar-refractivity contribution in [3.63, 3.8) is 0 Å². The van der Waals surface area contributed by atoms with Crippen molar-refractivity contribution in [3.8, 4) is 0 Å². The van der Waals surface area contributed by atoms with Gasteiger partial charge in [-0.05, 0) is 52.6 Å². The molecule has 3 rings (SSSR count). The van der Waals surface area contributed by atoms with Crippen molar-refractivity contribution in [2.75, 3.05) is 66.5 Å². The fraction of sp³-hybridized carbons (Fsp3) is 0.952. The van der Waals surface area contributed by atoms with Crippen molar-refractivity contribution >= 4 is 29.9 Å². The molecule has 6 nitrogen and oxygen atoms in total. The molecule has 1 saturated carbocycles. The number of halogens is 1. The van der Waals surface area contributed by atoms with Crippen LogP contribution >= 0.6 is 24.0 Å². The minimum absolute atomic E-state index is 0. The van der Waals surface area contributed by atoms with Crippen LogP contribution in [-0.2, 0) is 4.74 Å². The highest BCUT2D eigenvalue weighted by molar-refractivity contribution is 14.0. The van der Waals surface area contributed by atoms with Crippen LogP contribution in [0.2, 0.25) is 0 Å². The van der Waals surface area contributed by atoms with Gasteiger partial charge >= 0.3 is 0 Å². The van der Waals surface area contributed by atoms with Gasteiger partial charge in [0.1, 0.15) is 0 Å². The number of nitrogens with zero attached hydrogens (tertiary/aromatic N) is 4. The molecule has 0 aromatic carbocycles. The van der Waals surface area contributed by atoms with Gasteiger partial charge in [0, 0.05) is 51.9 Å². The minimum Gasteiger partial charge on any atom is -0.378 e. The van der Waals surface area contributed by atoms with Crippen LogP contribution in [0.4, 0.5) is 0 Å². The lowest BCUT2D eigenvalue weighted by Crippen LogP contribution is -2.52. The first-order valence-corrected chi connectivity index (χ1v) is 11.2. The smallest absolute Gasteiger partial charge is 0.193 e. The van der Waals surface area contributed by atoms with Crippen LogP contribution in [0, 0.1) is 5.92 Å². The second-order valence-electron chi connectivity index (χ2n) is 8.76. The molecule has 1 aliphatic carbocycles. The maximum Gasteiger partial charge on any atom is 0.193 e. The summed E-state index contributed by atoms with van der Waals surface area (Å²) in [4.78, 5) is 12.3. The van der Waals surface area contributed by atoms with Gasteiger partial charge in [-0.3, -0.25) is 9.89 Å². The number of nitrogens with one attached hydrogen (secondary N) is 1. The molecule has 0 spiro atoms. The maximum absolute atomic E-state index is 6.24. The number of aliphatic imine (C=N–C) groups is 1. The zero-order valence-electron chi connectivity index (χ0n) is 18.2. The van der Waals surface area contributed by atoms with E-state index in [0.29, 0.717) is 12.1 Å². The summed E-state index contributed by atoms with van der Waals surface area (Å²) in [6, 6.07) is 0.518. The third-order valence-electron chi connectivity index (χ3n) is 6.55. The van der Waals surface area contributed by atoms with E-state index in [0.717, 1.165) is 77.1 Å². The van der Waals surface area contributed by atoms with E-state index >= 15 is 0 Å². The topological polar surface area (TPSA) is 43.3 Å². The Hall–Kier alpha value is -0.120. The Kier molecular flexibility index (Phi) is 10.8. The van der Waals surface area contributed by atoms with E-state index in [9.17, 15) is 0 Å². The predicted molar refractivity (Wildman–Crippen MR) is 128 cm³/mol. The molecule has 2 aliphatic heterocycles. The number of ether oxygens (including phenoxy) is 1. The molecule has 164 valence electrons. The van der Waals surface area contributed by atoms with Gasteiger partial charge in [0.05, 0.1) is 12.6 Å². The Morgan fingerprint density at radius 2 is 1.75 bits per heavy atom. The molecular formula is C21H42IN5O. The van der Waals surface area contributed by atoms with Crippen LogP contribution in [0.5, 0.6) is 0 Å². The lowest BCUT2D eigenvalue weighted by atomic mass is 10.1. The van der Waals surface area contributed by atoms with Crippen LogP contribution in [0.3, 0.4) is 0 Å². The van der Waals surface area contributed by atoms with E-state index in [1.54, 1.807) is 0 Å². The number of guanidine groups is 1. The predicted octanol–water partition coefficient (Wildman–Crippen LogP) is 2.49. The third kappa shape index (κ3) is 7.29. The molecule has 1 N–H and O–H groups in total. The molecule has 7 heteroatoms. The van der Waals surface area contributed by atoms with Crippen molar-refractivity contribution in [1.29, 1.82) is 0 Å². The number of hydrogen-bond acceptors (Lipinski definition) is 4. The van der Waals surface area contributed by atoms with Crippen LogP contribution in [0.25, 0.3) is 0 Å². The van der Waals surface area contributed by atoms with E-state index in [4.69, 9.17) is 9.73 Å². The van der Waals surface area contributed by atoms with Crippen LogP contribution in [-0.4, -0.2) is 99.3 Å². The molecule has 0 aromatic rings. The van der Waals surface area contributed by atoms with E-state index in [1.807, 2.05) is 0 Å². The largest absolute Gasteiger partial charge is 0.378 e.